The van der Waals surface area contributed by atoms with E-state index in [1.54, 1.807) is 0 Å². The van der Waals surface area contributed by atoms with Crippen LogP contribution in [0.2, 0.25) is 0 Å². The predicted molar refractivity (Wildman–Crippen MR) is 109 cm³/mol. The van der Waals surface area contributed by atoms with Crippen molar-refractivity contribution >= 4 is 18.4 Å². The van der Waals surface area contributed by atoms with Crippen LogP contribution < -0.4 is 0 Å². The van der Waals surface area contributed by atoms with E-state index in [-0.39, 0.29) is 24.3 Å². The minimum absolute atomic E-state index is 0. The van der Waals surface area contributed by atoms with Crippen LogP contribution in [0.4, 0.5) is 0 Å². The molecule has 0 aliphatic heterocycles. The standard InChI is InChI=1S/C21H35NO2.ClH/c1-6-22(7-2)14-8-9-15-24-21(23)18(5)20-12-10-19(11-13-20)16-17(3)4;/h10-13,17-18H,6-9,14-16H2,1-5H3;1H. The Kier molecular flexibility index (Phi) is 12.6. The van der Waals surface area contributed by atoms with Crippen molar-refractivity contribution < 1.29 is 9.53 Å². The molecule has 0 fully saturated rings. The first-order chi connectivity index (χ1) is 11.5. The van der Waals surface area contributed by atoms with E-state index in [0.29, 0.717) is 12.5 Å². The van der Waals surface area contributed by atoms with Gasteiger partial charge in [-0.1, -0.05) is 52.0 Å². The van der Waals surface area contributed by atoms with Crippen molar-refractivity contribution in [1.29, 1.82) is 0 Å². The molecular formula is C21H36ClNO2. The smallest absolute Gasteiger partial charge is 0.313 e. The van der Waals surface area contributed by atoms with E-state index in [1.165, 1.54) is 5.56 Å². The van der Waals surface area contributed by atoms with E-state index in [4.69, 9.17) is 4.74 Å². The molecule has 25 heavy (non-hydrogen) atoms. The van der Waals surface area contributed by atoms with E-state index in [2.05, 4.69) is 56.9 Å². The lowest BCUT2D eigenvalue weighted by Crippen LogP contribution is -2.24. The fraction of sp³-hybridized carbons (Fsp3) is 0.667. The van der Waals surface area contributed by atoms with E-state index in [0.717, 1.165) is 44.5 Å². The van der Waals surface area contributed by atoms with Crippen molar-refractivity contribution in [3.8, 4) is 0 Å². The Morgan fingerprint density at radius 2 is 1.64 bits per heavy atom. The lowest BCUT2D eigenvalue weighted by Gasteiger charge is -2.17. The normalized spacial score (nSPS) is 12.1. The maximum Gasteiger partial charge on any atom is 0.313 e. The number of carbonyl (C=O) groups excluding carboxylic acids is 1. The highest BCUT2D eigenvalue weighted by atomic mass is 35.5. The molecule has 3 nitrogen and oxygen atoms in total. The van der Waals surface area contributed by atoms with Gasteiger partial charge < -0.3 is 9.64 Å². The van der Waals surface area contributed by atoms with Crippen molar-refractivity contribution in [2.45, 2.75) is 59.8 Å². The molecule has 1 aromatic carbocycles. The number of benzene rings is 1. The van der Waals surface area contributed by atoms with Gasteiger partial charge in [0, 0.05) is 0 Å². The van der Waals surface area contributed by atoms with Crippen LogP contribution in [-0.4, -0.2) is 37.1 Å². The molecule has 0 aliphatic rings. The molecular weight excluding hydrogens is 334 g/mol. The zero-order valence-electron chi connectivity index (χ0n) is 16.6. The molecule has 1 atom stereocenters. The van der Waals surface area contributed by atoms with Gasteiger partial charge in [-0.2, -0.15) is 0 Å². The van der Waals surface area contributed by atoms with E-state index >= 15 is 0 Å². The molecule has 0 amide bonds. The quantitative estimate of drug-likeness (QED) is 0.402. The highest BCUT2D eigenvalue weighted by Gasteiger charge is 2.16. The summed E-state index contributed by atoms with van der Waals surface area (Å²) >= 11 is 0. The molecule has 1 aromatic rings. The number of rotatable bonds is 11. The fourth-order valence-electron chi connectivity index (χ4n) is 2.82. The fourth-order valence-corrected chi connectivity index (χ4v) is 2.82. The van der Waals surface area contributed by atoms with Gasteiger partial charge in [0.25, 0.3) is 0 Å². The Balaban J connectivity index is 0.00000576. The highest BCUT2D eigenvalue weighted by Crippen LogP contribution is 2.19. The third-order valence-corrected chi connectivity index (χ3v) is 4.48. The van der Waals surface area contributed by atoms with Crippen molar-refractivity contribution in [1.82, 2.24) is 4.90 Å². The molecule has 1 unspecified atom stereocenters. The minimum atomic E-state index is -0.194. The second-order valence-electron chi connectivity index (χ2n) is 6.96. The number of unbranched alkanes of at least 4 members (excludes halogenated alkanes) is 1. The topological polar surface area (TPSA) is 29.5 Å². The van der Waals surface area contributed by atoms with Crippen molar-refractivity contribution in [3.05, 3.63) is 35.4 Å². The lowest BCUT2D eigenvalue weighted by molar-refractivity contribution is -0.145. The molecule has 0 bridgehead atoms. The summed E-state index contributed by atoms with van der Waals surface area (Å²) in [5.74, 6) is 0.338. The average Bonchev–Trinajstić information content (AvgIpc) is 2.57. The van der Waals surface area contributed by atoms with Crippen LogP contribution in [0.25, 0.3) is 0 Å². The number of hydrogen-bond acceptors (Lipinski definition) is 3. The second kappa shape index (κ2) is 13.2. The van der Waals surface area contributed by atoms with Gasteiger partial charge in [-0.3, -0.25) is 4.79 Å². The molecule has 0 aromatic heterocycles. The molecule has 4 heteroatoms. The first-order valence-corrected chi connectivity index (χ1v) is 9.45. The van der Waals surface area contributed by atoms with Gasteiger partial charge in [-0.05, 0) is 62.9 Å². The van der Waals surface area contributed by atoms with E-state index < -0.39 is 0 Å². The zero-order chi connectivity index (χ0) is 17.9. The molecule has 0 aliphatic carbocycles. The summed E-state index contributed by atoms with van der Waals surface area (Å²) < 4.78 is 5.44. The number of hydrogen-bond donors (Lipinski definition) is 0. The van der Waals surface area contributed by atoms with Gasteiger partial charge in [-0.25, -0.2) is 0 Å². The largest absolute Gasteiger partial charge is 0.465 e. The summed E-state index contributed by atoms with van der Waals surface area (Å²) in [6, 6.07) is 8.38. The Labute approximate surface area is 160 Å². The first-order valence-electron chi connectivity index (χ1n) is 9.45. The Hall–Kier alpha value is -1.06. The molecule has 0 saturated heterocycles. The summed E-state index contributed by atoms with van der Waals surface area (Å²) in [6.07, 6.45) is 3.08. The van der Waals surface area contributed by atoms with Gasteiger partial charge in [0.15, 0.2) is 0 Å². The van der Waals surface area contributed by atoms with Gasteiger partial charge in [-0.15, -0.1) is 12.4 Å². The third kappa shape index (κ3) is 9.27. The molecule has 0 saturated carbocycles. The molecule has 0 heterocycles. The number of esters is 1. The summed E-state index contributed by atoms with van der Waals surface area (Å²) in [7, 11) is 0. The van der Waals surface area contributed by atoms with Crippen molar-refractivity contribution in [2.24, 2.45) is 5.92 Å². The molecule has 1 rings (SSSR count). The summed E-state index contributed by atoms with van der Waals surface area (Å²) in [5.41, 5.74) is 2.36. The van der Waals surface area contributed by atoms with Gasteiger partial charge in [0.05, 0.1) is 12.5 Å². The van der Waals surface area contributed by atoms with Gasteiger partial charge in [0.2, 0.25) is 0 Å². The van der Waals surface area contributed by atoms with Crippen molar-refractivity contribution in [3.63, 3.8) is 0 Å². The summed E-state index contributed by atoms with van der Waals surface area (Å²) in [6.45, 7) is 14.5. The SMILES string of the molecule is CCN(CC)CCCCOC(=O)C(C)c1ccc(CC(C)C)cc1.Cl. The second-order valence-corrected chi connectivity index (χ2v) is 6.96. The molecule has 0 spiro atoms. The van der Waals surface area contributed by atoms with E-state index in [9.17, 15) is 4.79 Å². The Morgan fingerprint density at radius 1 is 1.04 bits per heavy atom. The van der Waals surface area contributed by atoms with Crippen LogP contribution in [0.1, 0.15) is 64.5 Å². The average molecular weight is 370 g/mol. The summed E-state index contributed by atoms with van der Waals surface area (Å²) in [4.78, 5) is 14.6. The zero-order valence-corrected chi connectivity index (χ0v) is 17.4. The van der Waals surface area contributed by atoms with Gasteiger partial charge >= 0.3 is 5.97 Å². The number of carbonyl (C=O) groups is 1. The Bertz CT molecular complexity index is 469. The monoisotopic (exact) mass is 369 g/mol. The van der Waals surface area contributed by atoms with Crippen LogP contribution in [-0.2, 0) is 16.0 Å². The molecule has 144 valence electrons. The lowest BCUT2D eigenvalue weighted by atomic mass is 9.97. The summed E-state index contributed by atoms with van der Waals surface area (Å²) in [5, 5.41) is 0. The highest BCUT2D eigenvalue weighted by molar-refractivity contribution is 5.85. The number of ether oxygens (including phenoxy) is 1. The minimum Gasteiger partial charge on any atom is -0.465 e. The Morgan fingerprint density at radius 3 is 2.16 bits per heavy atom. The number of nitrogens with zero attached hydrogens (tertiary/aromatic N) is 1. The maximum atomic E-state index is 12.2. The maximum absolute atomic E-state index is 12.2. The van der Waals surface area contributed by atoms with Crippen molar-refractivity contribution in [2.75, 3.05) is 26.2 Å². The van der Waals surface area contributed by atoms with E-state index in [1.807, 2.05) is 6.92 Å². The first kappa shape index (κ1) is 23.9. The molecule has 0 N–H and O–H groups in total. The van der Waals surface area contributed by atoms with Crippen LogP contribution in [0.3, 0.4) is 0 Å². The predicted octanol–water partition coefficient (Wildman–Crippen LogP) is 5.08. The van der Waals surface area contributed by atoms with Crippen LogP contribution >= 0.6 is 12.4 Å². The molecule has 0 radical (unpaired) electrons. The third-order valence-electron chi connectivity index (χ3n) is 4.48. The van der Waals surface area contributed by atoms with Crippen LogP contribution in [0.5, 0.6) is 0 Å². The number of halogens is 1. The van der Waals surface area contributed by atoms with Crippen LogP contribution in [0.15, 0.2) is 24.3 Å². The van der Waals surface area contributed by atoms with Gasteiger partial charge in [0.1, 0.15) is 0 Å². The van der Waals surface area contributed by atoms with Crippen LogP contribution in [0, 0.1) is 5.92 Å².